The second-order valence-electron chi connectivity index (χ2n) is 8.47. The Morgan fingerprint density at radius 1 is 1.30 bits per heavy atom. The number of carbonyl (C=O) groups is 3. The van der Waals surface area contributed by atoms with E-state index < -0.39 is 23.9 Å². The number of aromatic amines is 1. The Morgan fingerprint density at radius 2 is 2.09 bits per heavy atom. The van der Waals surface area contributed by atoms with E-state index in [-0.39, 0.29) is 24.1 Å². The van der Waals surface area contributed by atoms with E-state index in [4.69, 9.17) is 16.3 Å². The monoisotopic (exact) mass is 472 g/mol. The maximum absolute atomic E-state index is 13.0. The first-order valence-corrected chi connectivity index (χ1v) is 11.3. The van der Waals surface area contributed by atoms with Crippen molar-refractivity contribution in [3.8, 4) is 11.8 Å². The molecule has 2 aliphatic rings. The number of nitriles is 1. The lowest BCUT2D eigenvalue weighted by Gasteiger charge is -2.21. The molecule has 3 atom stereocenters. The van der Waals surface area contributed by atoms with Crippen molar-refractivity contribution >= 4 is 40.4 Å². The molecule has 2 fully saturated rings. The number of carbonyl (C=O) groups excluding carboxylic acids is 3. The summed E-state index contributed by atoms with van der Waals surface area (Å²) in [4.78, 5) is 44.9. The van der Waals surface area contributed by atoms with Gasteiger partial charge in [0, 0.05) is 12.5 Å². The molecule has 4 N–H and O–H groups in total. The van der Waals surface area contributed by atoms with E-state index in [2.05, 4.69) is 32.0 Å². The van der Waals surface area contributed by atoms with Crippen molar-refractivity contribution in [3.63, 3.8) is 0 Å². The number of amides is 3. The highest BCUT2D eigenvalue weighted by atomic mass is 35.5. The first kappa shape index (κ1) is 22.9. The predicted molar refractivity (Wildman–Crippen MR) is 120 cm³/mol. The Balaban J connectivity index is 1.46. The summed E-state index contributed by atoms with van der Waals surface area (Å²) in [6, 6.07) is 3.74. The Morgan fingerprint density at radius 3 is 2.73 bits per heavy atom. The fourth-order valence-electron chi connectivity index (χ4n) is 4.04. The summed E-state index contributed by atoms with van der Waals surface area (Å²) >= 11 is 6.13. The van der Waals surface area contributed by atoms with Crippen LogP contribution >= 0.6 is 11.6 Å². The first-order chi connectivity index (χ1) is 15.9. The largest absolute Gasteiger partial charge is 0.493 e. The number of ether oxygens (including phenoxy) is 1. The fourth-order valence-corrected chi connectivity index (χ4v) is 4.27. The molecule has 3 amide bonds. The molecule has 1 aliphatic heterocycles. The van der Waals surface area contributed by atoms with Gasteiger partial charge in [0.25, 0.3) is 5.91 Å². The molecule has 1 aliphatic carbocycles. The third-order valence-corrected chi connectivity index (χ3v) is 6.32. The summed E-state index contributed by atoms with van der Waals surface area (Å²) in [5.41, 5.74) is 0.988. The van der Waals surface area contributed by atoms with Gasteiger partial charge >= 0.3 is 0 Å². The lowest BCUT2D eigenvalue weighted by atomic mass is 9.98. The van der Waals surface area contributed by atoms with Gasteiger partial charge in [-0.3, -0.25) is 14.4 Å². The van der Waals surface area contributed by atoms with Crippen LogP contribution in [0.5, 0.6) is 5.75 Å². The minimum Gasteiger partial charge on any atom is -0.493 e. The average molecular weight is 473 g/mol. The number of rotatable bonds is 9. The molecule has 11 heteroatoms. The summed E-state index contributed by atoms with van der Waals surface area (Å²) in [5.74, 6) is -0.678. The maximum Gasteiger partial charge on any atom is 0.287 e. The Kier molecular flexibility index (Phi) is 6.70. The number of methoxy groups -OCH3 is 1. The highest BCUT2D eigenvalue weighted by molar-refractivity contribution is 6.33. The Labute approximate surface area is 195 Å². The van der Waals surface area contributed by atoms with E-state index in [1.165, 1.54) is 7.11 Å². The Bertz CT molecular complexity index is 1120. The van der Waals surface area contributed by atoms with Crippen LogP contribution in [-0.4, -0.2) is 53.4 Å². The van der Waals surface area contributed by atoms with Gasteiger partial charge in [0.2, 0.25) is 11.8 Å². The molecule has 1 saturated heterocycles. The van der Waals surface area contributed by atoms with Gasteiger partial charge in [-0.1, -0.05) is 24.4 Å². The molecular weight excluding hydrogens is 448 g/mol. The third-order valence-electron chi connectivity index (χ3n) is 6.02. The summed E-state index contributed by atoms with van der Waals surface area (Å²) in [5, 5.41) is 18.0. The van der Waals surface area contributed by atoms with Gasteiger partial charge in [-0.25, -0.2) is 4.98 Å². The van der Waals surface area contributed by atoms with E-state index in [1.807, 2.05) is 0 Å². The van der Waals surface area contributed by atoms with Crippen molar-refractivity contribution in [1.82, 2.24) is 25.9 Å². The zero-order valence-corrected chi connectivity index (χ0v) is 18.9. The van der Waals surface area contributed by atoms with E-state index in [9.17, 15) is 19.6 Å². The molecule has 0 radical (unpaired) electrons. The molecule has 1 saturated carbocycles. The number of aromatic nitrogens is 2. The SMILES string of the molecule is COc1c(Cl)ccc2[nH]c(C(=O)N[C@@H](CC3CC3)C(=O)N[C@H](C#N)C[C@@H]3CCNC3=O)nc12. The van der Waals surface area contributed by atoms with Crippen molar-refractivity contribution < 1.29 is 19.1 Å². The summed E-state index contributed by atoms with van der Waals surface area (Å²) in [7, 11) is 1.46. The maximum atomic E-state index is 13.0. The summed E-state index contributed by atoms with van der Waals surface area (Å²) in [6.45, 7) is 0.573. The average Bonchev–Trinajstić information content (AvgIpc) is 3.36. The highest BCUT2D eigenvalue weighted by Crippen LogP contribution is 2.34. The molecule has 2 aromatic rings. The van der Waals surface area contributed by atoms with Gasteiger partial charge in [0.1, 0.15) is 17.6 Å². The number of benzene rings is 1. The molecule has 0 bridgehead atoms. The van der Waals surface area contributed by atoms with Crippen molar-refractivity contribution in [2.75, 3.05) is 13.7 Å². The molecular formula is C22H25ClN6O4. The number of nitrogens with one attached hydrogen (secondary N) is 4. The normalized spacial score (nSPS) is 19.4. The van der Waals surface area contributed by atoms with E-state index >= 15 is 0 Å². The van der Waals surface area contributed by atoms with Gasteiger partial charge < -0.3 is 25.7 Å². The molecule has 174 valence electrons. The van der Waals surface area contributed by atoms with Crippen molar-refractivity contribution in [2.45, 2.75) is 44.2 Å². The van der Waals surface area contributed by atoms with Crippen LogP contribution in [0.3, 0.4) is 0 Å². The first-order valence-electron chi connectivity index (χ1n) is 10.9. The van der Waals surface area contributed by atoms with E-state index in [1.54, 1.807) is 12.1 Å². The van der Waals surface area contributed by atoms with Crippen molar-refractivity contribution in [2.24, 2.45) is 11.8 Å². The lowest BCUT2D eigenvalue weighted by molar-refractivity contribution is -0.125. The van der Waals surface area contributed by atoms with Crippen LogP contribution in [-0.2, 0) is 9.59 Å². The van der Waals surface area contributed by atoms with Crippen LogP contribution in [0.25, 0.3) is 11.0 Å². The molecule has 1 aromatic heterocycles. The van der Waals surface area contributed by atoms with E-state index in [0.717, 1.165) is 12.8 Å². The molecule has 4 rings (SSSR count). The van der Waals surface area contributed by atoms with E-state index in [0.29, 0.717) is 47.1 Å². The molecule has 1 aromatic carbocycles. The van der Waals surface area contributed by atoms with Crippen molar-refractivity contribution in [3.05, 3.63) is 23.0 Å². The number of nitrogens with zero attached hydrogens (tertiary/aromatic N) is 2. The van der Waals surface area contributed by atoms with Gasteiger partial charge in [0.05, 0.1) is 23.7 Å². The van der Waals surface area contributed by atoms with Crippen LogP contribution in [0.1, 0.15) is 42.7 Å². The van der Waals surface area contributed by atoms with Gasteiger partial charge in [0.15, 0.2) is 11.6 Å². The zero-order valence-electron chi connectivity index (χ0n) is 18.1. The number of H-pyrrole nitrogens is 1. The quantitative estimate of drug-likeness (QED) is 0.436. The second kappa shape index (κ2) is 9.67. The van der Waals surface area contributed by atoms with Gasteiger partial charge in [-0.05, 0) is 37.3 Å². The standard InChI is InChI=1S/C22H25ClN6O4/c1-33-18-14(23)4-5-15-17(18)29-19(27-15)22(32)28-16(8-11-2-3-11)21(31)26-13(10-24)9-12-6-7-25-20(12)30/h4-5,11-13,16H,2-3,6-9H2,1H3,(H,25,30)(H,26,31)(H,27,29)(H,28,32)/t12-,13-,16-/m0/s1. The minimum atomic E-state index is -0.822. The van der Waals surface area contributed by atoms with Crippen LogP contribution in [0, 0.1) is 23.2 Å². The summed E-state index contributed by atoms with van der Waals surface area (Å²) < 4.78 is 5.28. The topological polar surface area (TPSA) is 149 Å². The molecule has 10 nitrogen and oxygen atoms in total. The molecule has 0 unspecified atom stereocenters. The number of halogens is 1. The van der Waals surface area contributed by atoms with Gasteiger partial charge in [-0.15, -0.1) is 0 Å². The van der Waals surface area contributed by atoms with Crippen LogP contribution in [0.15, 0.2) is 12.1 Å². The number of hydrogen-bond acceptors (Lipinski definition) is 6. The molecule has 0 spiro atoms. The van der Waals surface area contributed by atoms with Crippen LogP contribution < -0.4 is 20.7 Å². The lowest BCUT2D eigenvalue weighted by Crippen LogP contribution is -2.50. The van der Waals surface area contributed by atoms with Crippen molar-refractivity contribution in [1.29, 1.82) is 5.26 Å². The zero-order chi connectivity index (χ0) is 23.5. The van der Waals surface area contributed by atoms with Crippen LogP contribution in [0.2, 0.25) is 5.02 Å². The Hall–Kier alpha value is -3.32. The second-order valence-corrected chi connectivity index (χ2v) is 8.88. The minimum absolute atomic E-state index is 0.0265. The molecule has 33 heavy (non-hydrogen) atoms. The predicted octanol–water partition coefficient (Wildman–Crippen LogP) is 1.66. The number of fused-ring (bicyclic) bond motifs is 1. The smallest absolute Gasteiger partial charge is 0.287 e. The number of hydrogen-bond donors (Lipinski definition) is 4. The number of imidazole rings is 1. The highest BCUT2D eigenvalue weighted by Gasteiger charge is 2.33. The third kappa shape index (κ3) is 5.20. The summed E-state index contributed by atoms with van der Waals surface area (Å²) in [6.07, 6.45) is 3.32. The molecule has 2 heterocycles. The van der Waals surface area contributed by atoms with Gasteiger partial charge in [-0.2, -0.15) is 5.26 Å². The van der Waals surface area contributed by atoms with Crippen LogP contribution in [0.4, 0.5) is 0 Å². The fraction of sp³-hybridized carbons (Fsp3) is 0.500.